The van der Waals surface area contributed by atoms with E-state index in [2.05, 4.69) is 15.9 Å². The summed E-state index contributed by atoms with van der Waals surface area (Å²) in [6.45, 7) is 0. The predicted molar refractivity (Wildman–Crippen MR) is 71.0 cm³/mol. The van der Waals surface area contributed by atoms with Gasteiger partial charge in [-0.3, -0.25) is 9.59 Å². The molecule has 0 aromatic heterocycles. The van der Waals surface area contributed by atoms with E-state index in [1.54, 1.807) is 31.1 Å². The highest BCUT2D eigenvalue weighted by Gasteiger charge is 2.08. The topological polar surface area (TPSA) is 37.4 Å². The van der Waals surface area contributed by atoms with E-state index in [1.165, 1.54) is 0 Å². The van der Waals surface area contributed by atoms with Crippen LogP contribution in [0.5, 0.6) is 0 Å². The average molecular weight is 298 g/mol. The van der Waals surface area contributed by atoms with Crippen molar-refractivity contribution in [3.05, 3.63) is 34.3 Å². The number of nitrogens with zero attached hydrogens (tertiary/aromatic N) is 1. The fraction of sp³-hybridized carbons (Fsp3) is 0.385. The molecule has 0 saturated carbocycles. The summed E-state index contributed by atoms with van der Waals surface area (Å²) in [6, 6.07) is 7.27. The van der Waals surface area contributed by atoms with Gasteiger partial charge in [0.1, 0.15) is 0 Å². The molecule has 0 fully saturated rings. The molecule has 1 amide bonds. The Hall–Kier alpha value is -1.16. The molecule has 0 atom stereocenters. The number of hydrogen-bond donors (Lipinski definition) is 0. The summed E-state index contributed by atoms with van der Waals surface area (Å²) < 4.78 is 0.955. The molecule has 92 valence electrons. The highest BCUT2D eigenvalue weighted by atomic mass is 79.9. The van der Waals surface area contributed by atoms with Crippen molar-refractivity contribution >= 4 is 27.6 Å². The maximum Gasteiger partial charge on any atom is 0.222 e. The smallest absolute Gasteiger partial charge is 0.222 e. The van der Waals surface area contributed by atoms with Crippen molar-refractivity contribution in [1.29, 1.82) is 0 Å². The van der Waals surface area contributed by atoms with Gasteiger partial charge in [-0.2, -0.15) is 0 Å². The Labute approximate surface area is 110 Å². The van der Waals surface area contributed by atoms with E-state index in [4.69, 9.17) is 0 Å². The third-order valence-electron chi connectivity index (χ3n) is 2.46. The van der Waals surface area contributed by atoms with Gasteiger partial charge in [-0.05, 0) is 18.6 Å². The lowest BCUT2D eigenvalue weighted by molar-refractivity contribution is -0.128. The van der Waals surface area contributed by atoms with Crippen molar-refractivity contribution in [2.24, 2.45) is 0 Å². The van der Waals surface area contributed by atoms with E-state index in [0.29, 0.717) is 24.8 Å². The first-order chi connectivity index (χ1) is 8.00. The first-order valence-corrected chi connectivity index (χ1v) is 6.29. The van der Waals surface area contributed by atoms with E-state index < -0.39 is 0 Å². The summed E-state index contributed by atoms with van der Waals surface area (Å²) in [5.41, 5.74) is 0.700. The minimum absolute atomic E-state index is 0.0635. The fourth-order valence-electron chi connectivity index (χ4n) is 1.40. The van der Waals surface area contributed by atoms with Crippen molar-refractivity contribution in [1.82, 2.24) is 4.90 Å². The molecular weight excluding hydrogens is 282 g/mol. The van der Waals surface area contributed by atoms with Gasteiger partial charge in [0.15, 0.2) is 5.78 Å². The monoisotopic (exact) mass is 297 g/mol. The lowest BCUT2D eigenvalue weighted by Gasteiger charge is -2.09. The molecule has 0 heterocycles. The van der Waals surface area contributed by atoms with Crippen LogP contribution in [0.1, 0.15) is 29.6 Å². The summed E-state index contributed by atoms with van der Waals surface area (Å²) in [5.74, 6) is 0.151. The van der Waals surface area contributed by atoms with Gasteiger partial charge in [-0.1, -0.05) is 28.1 Å². The van der Waals surface area contributed by atoms with E-state index in [-0.39, 0.29) is 11.7 Å². The van der Waals surface area contributed by atoms with Gasteiger partial charge in [0, 0.05) is 37.0 Å². The molecule has 3 nitrogen and oxygen atoms in total. The molecule has 1 aromatic carbocycles. The minimum Gasteiger partial charge on any atom is -0.349 e. The Morgan fingerprint density at radius 3 is 2.24 bits per heavy atom. The highest BCUT2D eigenvalue weighted by molar-refractivity contribution is 9.10. The minimum atomic E-state index is 0.0635. The van der Waals surface area contributed by atoms with Crippen LogP contribution in [0.3, 0.4) is 0 Å². The standard InChI is InChI=1S/C13H16BrNO2/c1-15(2)13(17)5-3-4-12(16)10-6-8-11(14)9-7-10/h6-9H,3-5H2,1-2H3. The average Bonchev–Trinajstić information content (AvgIpc) is 2.29. The van der Waals surface area contributed by atoms with Crippen molar-refractivity contribution in [2.75, 3.05) is 14.1 Å². The third kappa shape index (κ3) is 4.69. The molecule has 0 spiro atoms. The van der Waals surface area contributed by atoms with E-state index in [9.17, 15) is 9.59 Å². The number of ketones is 1. The maximum atomic E-state index is 11.8. The van der Waals surface area contributed by atoms with Gasteiger partial charge in [0.2, 0.25) is 5.91 Å². The van der Waals surface area contributed by atoms with E-state index >= 15 is 0 Å². The van der Waals surface area contributed by atoms with Crippen LogP contribution in [-0.4, -0.2) is 30.7 Å². The molecule has 0 N–H and O–H groups in total. The molecule has 1 aromatic rings. The van der Waals surface area contributed by atoms with Gasteiger partial charge in [0.25, 0.3) is 0 Å². The Morgan fingerprint density at radius 1 is 1.12 bits per heavy atom. The zero-order valence-electron chi connectivity index (χ0n) is 10.1. The van der Waals surface area contributed by atoms with E-state index in [1.807, 2.05) is 12.1 Å². The van der Waals surface area contributed by atoms with Crippen LogP contribution in [0.15, 0.2) is 28.7 Å². The van der Waals surface area contributed by atoms with Crippen molar-refractivity contribution in [3.8, 4) is 0 Å². The van der Waals surface area contributed by atoms with Crippen LogP contribution in [0.4, 0.5) is 0 Å². The molecule has 0 aliphatic heterocycles. The predicted octanol–water partition coefficient (Wildman–Crippen LogP) is 2.89. The number of carbonyl (C=O) groups is 2. The van der Waals surface area contributed by atoms with Crippen molar-refractivity contribution in [3.63, 3.8) is 0 Å². The number of halogens is 1. The van der Waals surface area contributed by atoms with Gasteiger partial charge in [-0.15, -0.1) is 0 Å². The van der Waals surface area contributed by atoms with Crippen molar-refractivity contribution < 1.29 is 9.59 Å². The summed E-state index contributed by atoms with van der Waals surface area (Å²) in [7, 11) is 3.44. The number of carbonyl (C=O) groups excluding carboxylic acids is 2. The number of rotatable bonds is 5. The SMILES string of the molecule is CN(C)C(=O)CCCC(=O)c1ccc(Br)cc1. The van der Waals surface area contributed by atoms with E-state index in [0.717, 1.165) is 4.47 Å². The highest BCUT2D eigenvalue weighted by Crippen LogP contribution is 2.13. The Bertz CT molecular complexity index is 398. The molecule has 0 radical (unpaired) electrons. The zero-order chi connectivity index (χ0) is 12.8. The molecule has 0 saturated heterocycles. The Kier molecular flexibility index (Phi) is 5.35. The van der Waals surface area contributed by atoms with Gasteiger partial charge in [0.05, 0.1) is 0 Å². The van der Waals surface area contributed by atoms with Crippen molar-refractivity contribution in [2.45, 2.75) is 19.3 Å². The quantitative estimate of drug-likeness (QED) is 0.784. The molecule has 0 aliphatic carbocycles. The van der Waals surface area contributed by atoms with Crippen LogP contribution < -0.4 is 0 Å². The molecular formula is C13H16BrNO2. The van der Waals surface area contributed by atoms with Gasteiger partial charge in [-0.25, -0.2) is 0 Å². The number of Topliss-reactive ketones (excluding diaryl/α,β-unsaturated/α-hetero) is 1. The number of hydrogen-bond acceptors (Lipinski definition) is 2. The summed E-state index contributed by atoms with van der Waals surface area (Å²) in [4.78, 5) is 24.6. The van der Waals surface area contributed by atoms with Crippen LogP contribution in [0.2, 0.25) is 0 Å². The fourth-order valence-corrected chi connectivity index (χ4v) is 1.67. The second-order valence-electron chi connectivity index (χ2n) is 4.07. The first kappa shape index (κ1) is 13.9. The van der Waals surface area contributed by atoms with Crippen LogP contribution in [-0.2, 0) is 4.79 Å². The molecule has 0 aliphatic rings. The Morgan fingerprint density at radius 2 is 1.71 bits per heavy atom. The van der Waals surface area contributed by atoms with Gasteiger partial charge < -0.3 is 4.90 Å². The van der Waals surface area contributed by atoms with Gasteiger partial charge >= 0.3 is 0 Å². The first-order valence-electron chi connectivity index (χ1n) is 5.49. The second-order valence-corrected chi connectivity index (χ2v) is 4.99. The normalized spacial score (nSPS) is 10.1. The second kappa shape index (κ2) is 6.55. The summed E-state index contributed by atoms with van der Waals surface area (Å²) in [5, 5.41) is 0. The molecule has 4 heteroatoms. The summed E-state index contributed by atoms with van der Waals surface area (Å²) in [6.07, 6.45) is 1.45. The molecule has 0 unspecified atom stereocenters. The lowest BCUT2D eigenvalue weighted by Crippen LogP contribution is -2.21. The Balaban J connectivity index is 2.40. The number of amides is 1. The molecule has 0 bridgehead atoms. The number of benzene rings is 1. The maximum absolute atomic E-state index is 11.8. The largest absolute Gasteiger partial charge is 0.349 e. The molecule has 1 rings (SSSR count). The molecule has 17 heavy (non-hydrogen) atoms. The zero-order valence-corrected chi connectivity index (χ0v) is 11.7. The van der Waals surface area contributed by atoms with Crippen LogP contribution >= 0.6 is 15.9 Å². The summed E-state index contributed by atoms with van der Waals surface area (Å²) >= 11 is 3.32. The third-order valence-corrected chi connectivity index (χ3v) is 2.99. The van der Waals surface area contributed by atoms with Crippen LogP contribution in [0, 0.1) is 0 Å². The van der Waals surface area contributed by atoms with Crippen LogP contribution in [0.25, 0.3) is 0 Å². The lowest BCUT2D eigenvalue weighted by atomic mass is 10.1.